The van der Waals surface area contributed by atoms with E-state index in [9.17, 15) is 0 Å². The van der Waals surface area contributed by atoms with Crippen molar-refractivity contribution in [3.63, 3.8) is 0 Å². The summed E-state index contributed by atoms with van der Waals surface area (Å²) in [6.07, 6.45) is 24.5. The molecule has 0 atom stereocenters. The summed E-state index contributed by atoms with van der Waals surface area (Å²) in [5.41, 5.74) is 15.5. The van der Waals surface area contributed by atoms with Gasteiger partial charge in [0.25, 0.3) is 0 Å². The molecule has 2 aromatic carbocycles. The van der Waals surface area contributed by atoms with Gasteiger partial charge < -0.3 is 11.5 Å². The Morgan fingerprint density at radius 2 is 1.12 bits per heavy atom. The lowest BCUT2D eigenvalue weighted by Gasteiger charge is -2.28. The number of hydrogen-bond acceptors (Lipinski definition) is 2. The molecule has 0 heterocycles. The van der Waals surface area contributed by atoms with Crippen molar-refractivity contribution in [2.75, 3.05) is 0 Å². The van der Waals surface area contributed by atoms with Gasteiger partial charge in [-0.2, -0.15) is 0 Å². The van der Waals surface area contributed by atoms with Crippen LogP contribution in [0.15, 0.2) is 66.7 Å². The third-order valence-electron chi connectivity index (χ3n) is 6.67. The Morgan fingerprint density at radius 3 is 1.76 bits per heavy atom. The Bertz CT molecular complexity index is 764. The first-order valence-corrected chi connectivity index (χ1v) is 13.5. The van der Waals surface area contributed by atoms with E-state index in [-0.39, 0.29) is 0 Å². The van der Waals surface area contributed by atoms with Crippen molar-refractivity contribution in [2.45, 2.75) is 109 Å². The Hall–Kier alpha value is -1.90. The first kappa shape index (κ1) is 27.3. The van der Waals surface area contributed by atoms with E-state index in [0.717, 1.165) is 17.5 Å². The lowest BCUT2D eigenvalue weighted by molar-refractivity contribution is 0.553. The average Bonchev–Trinajstić information content (AvgIpc) is 2.84. The zero-order valence-corrected chi connectivity index (χ0v) is 21.1. The minimum absolute atomic E-state index is 0.944. The van der Waals surface area contributed by atoms with Crippen molar-refractivity contribution in [2.24, 2.45) is 11.5 Å². The highest BCUT2D eigenvalue weighted by atomic mass is 15.0. The van der Waals surface area contributed by atoms with Crippen LogP contribution in [0, 0.1) is 0 Å². The SMILES string of the molecule is CCCCCCCC/C=C\CCCCCCCCc1ccccc1C(N)(N)c1ccccc1. The second-order valence-electron chi connectivity index (χ2n) is 9.58. The van der Waals surface area contributed by atoms with Gasteiger partial charge in [-0.25, -0.2) is 0 Å². The van der Waals surface area contributed by atoms with Crippen LogP contribution < -0.4 is 11.5 Å². The molecule has 0 spiro atoms. The molecule has 0 amide bonds. The molecule has 0 aliphatic rings. The number of unbranched alkanes of at least 4 members (excludes halogenated alkanes) is 12. The number of aryl methyl sites for hydroxylation is 1. The molecule has 0 saturated carbocycles. The van der Waals surface area contributed by atoms with E-state index in [1.165, 1.54) is 95.5 Å². The van der Waals surface area contributed by atoms with Crippen LogP contribution >= 0.6 is 0 Å². The predicted molar refractivity (Wildman–Crippen MR) is 145 cm³/mol. The predicted octanol–water partition coefficient (Wildman–Crippen LogP) is 8.39. The third kappa shape index (κ3) is 10.7. The molecule has 2 nitrogen and oxygen atoms in total. The third-order valence-corrected chi connectivity index (χ3v) is 6.67. The van der Waals surface area contributed by atoms with Gasteiger partial charge in [0.2, 0.25) is 0 Å². The molecule has 0 radical (unpaired) electrons. The molecule has 4 N–H and O–H groups in total. The fourth-order valence-corrected chi connectivity index (χ4v) is 4.57. The first-order valence-electron chi connectivity index (χ1n) is 13.5. The van der Waals surface area contributed by atoms with Crippen LogP contribution in [0.5, 0.6) is 0 Å². The number of nitrogens with two attached hydrogens (primary N) is 2. The fraction of sp³-hybridized carbons (Fsp3) is 0.548. The highest BCUT2D eigenvalue weighted by Crippen LogP contribution is 2.26. The van der Waals surface area contributed by atoms with Crippen molar-refractivity contribution in [1.29, 1.82) is 0 Å². The molecule has 0 unspecified atom stereocenters. The van der Waals surface area contributed by atoms with Crippen LogP contribution in [0.4, 0.5) is 0 Å². The minimum atomic E-state index is -0.944. The molecular formula is C31H48N2. The number of benzene rings is 2. The topological polar surface area (TPSA) is 52.0 Å². The zero-order valence-electron chi connectivity index (χ0n) is 21.1. The maximum Gasteiger partial charge on any atom is 0.117 e. The maximum absolute atomic E-state index is 6.59. The molecule has 2 aromatic rings. The van der Waals surface area contributed by atoms with Crippen molar-refractivity contribution >= 4 is 0 Å². The summed E-state index contributed by atoms with van der Waals surface area (Å²) in [4.78, 5) is 0. The highest BCUT2D eigenvalue weighted by Gasteiger charge is 2.26. The molecule has 0 fully saturated rings. The second kappa shape index (κ2) is 16.7. The van der Waals surface area contributed by atoms with Gasteiger partial charge in [-0.15, -0.1) is 0 Å². The summed E-state index contributed by atoms with van der Waals surface area (Å²) < 4.78 is 0. The Kier molecular flexibility index (Phi) is 13.8. The van der Waals surface area contributed by atoms with E-state index >= 15 is 0 Å². The first-order chi connectivity index (χ1) is 16.2. The second-order valence-corrected chi connectivity index (χ2v) is 9.58. The van der Waals surface area contributed by atoms with Gasteiger partial charge >= 0.3 is 0 Å². The number of allylic oxidation sites excluding steroid dienone is 2. The standard InChI is InChI=1S/C31H48N2/c1-2-3-4-5-6-7-8-9-10-11-12-13-14-15-16-18-23-28-24-21-22-27-30(28)31(32,33)29-25-19-17-20-26-29/h9-10,17,19-22,24-27H,2-8,11-16,18,23,32-33H2,1H3/b10-9-. The number of hydrogen-bond donors (Lipinski definition) is 2. The lowest BCUT2D eigenvalue weighted by atomic mass is 9.87. The molecule has 0 bridgehead atoms. The summed E-state index contributed by atoms with van der Waals surface area (Å²) in [7, 11) is 0. The summed E-state index contributed by atoms with van der Waals surface area (Å²) in [5, 5.41) is 0. The molecule has 0 aromatic heterocycles. The van der Waals surface area contributed by atoms with Gasteiger partial charge in [0, 0.05) is 0 Å². The maximum atomic E-state index is 6.59. The average molecular weight is 449 g/mol. The van der Waals surface area contributed by atoms with Gasteiger partial charge in [0.05, 0.1) is 0 Å². The summed E-state index contributed by atoms with van der Waals surface area (Å²) in [5.74, 6) is 0. The van der Waals surface area contributed by atoms with E-state index < -0.39 is 5.66 Å². The minimum Gasteiger partial charge on any atom is -0.306 e. The van der Waals surface area contributed by atoms with Crippen LogP contribution in [0.3, 0.4) is 0 Å². The van der Waals surface area contributed by atoms with Crippen molar-refractivity contribution in [3.05, 3.63) is 83.4 Å². The normalized spacial score (nSPS) is 12.0. The summed E-state index contributed by atoms with van der Waals surface area (Å²) in [6.45, 7) is 2.28. The smallest absolute Gasteiger partial charge is 0.117 e. The lowest BCUT2D eigenvalue weighted by Crippen LogP contribution is -2.47. The Labute approximate surface area is 203 Å². The van der Waals surface area contributed by atoms with Crippen LogP contribution in [0.2, 0.25) is 0 Å². The molecular weight excluding hydrogens is 400 g/mol. The highest BCUT2D eigenvalue weighted by molar-refractivity contribution is 5.41. The molecule has 2 rings (SSSR count). The van der Waals surface area contributed by atoms with Crippen molar-refractivity contribution in [3.8, 4) is 0 Å². The number of rotatable bonds is 18. The molecule has 182 valence electrons. The van der Waals surface area contributed by atoms with Gasteiger partial charge in [0.1, 0.15) is 5.66 Å². The van der Waals surface area contributed by atoms with Gasteiger partial charge in [-0.1, -0.05) is 131 Å². The van der Waals surface area contributed by atoms with Crippen LogP contribution in [-0.4, -0.2) is 0 Å². The monoisotopic (exact) mass is 448 g/mol. The van der Waals surface area contributed by atoms with Crippen molar-refractivity contribution < 1.29 is 0 Å². The van der Waals surface area contributed by atoms with Gasteiger partial charge in [-0.3, -0.25) is 0 Å². The van der Waals surface area contributed by atoms with Gasteiger partial charge in [-0.05, 0) is 55.2 Å². The molecule has 0 aliphatic heterocycles. The summed E-state index contributed by atoms with van der Waals surface area (Å²) in [6, 6.07) is 18.4. The molecule has 2 heteroatoms. The Balaban J connectivity index is 1.56. The van der Waals surface area contributed by atoms with Crippen molar-refractivity contribution in [1.82, 2.24) is 0 Å². The van der Waals surface area contributed by atoms with E-state index in [1.54, 1.807) is 0 Å². The fourth-order valence-electron chi connectivity index (χ4n) is 4.57. The van der Waals surface area contributed by atoms with E-state index in [4.69, 9.17) is 11.5 Å². The quantitative estimate of drug-likeness (QED) is 0.137. The van der Waals surface area contributed by atoms with Crippen LogP contribution in [-0.2, 0) is 12.1 Å². The Morgan fingerprint density at radius 1 is 0.606 bits per heavy atom. The van der Waals surface area contributed by atoms with Crippen LogP contribution in [0.1, 0.15) is 114 Å². The molecule has 0 saturated heterocycles. The van der Waals surface area contributed by atoms with E-state index in [0.29, 0.717) is 0 Å². The zero-order chi connectivity index (χ0) is 23.6. The summed E-state index contributed by atoms with van der Waals surface area (Å²) >= 11 is 0. The molecule has 0 aliphatic carbocycles. The van der Waals surface area contributed by atoms with E-state index in [1.807, 2.05) is 36.4 Å². The largest absolute Gasteiger partial charge is 0.306 e. The van der Waals surface area contributed by atoms with Crippen LogP contribution in [0.25, 0.3) is 0 Å². The van der Waals surface area contributed by atoms with E-state index in [2.05, 4.69) is 37.3 Å². The van der Waals surface area contributed by atoms with Gasteiger partial charge in [0.15, 0.2) is 0 Å². The molecule has 33 heavy (non-hydrogen) atoms.